The Labute approximate surface area is 169 Å². The van der Waals surface area contributed by atoms with Gasteiger partial charge in [-0.2, -0.15) is 0 Å². The Hall–Kier alpha value is -3.86. The lowest BCUT2D eigenvalue weighted by molar-refractivity contribution is 0.415. The normalized spacial score (nSPS) is 10.1. The van der Waals surface area contributed by atoms with E-state index in [-0.39, 0.29) is 5.96 Å². The van der Waals surface area contributed by atoms with Crippen molar-refractivity contribution in [3.63, 3.8) is 0 Å². The maximum Gasteiger partial charge on any atom is 0.207 e. The number of fused-ring (bicyclic) bond motifs is 1. The summed E-state index contributed by atoms with van der Waals surface area (Å²) in [5, 5.41) is 4.24. The molecule has 3 rings (SSSR count). The fourth-order valence-electron chi connectivity index (χ4n) is 2.63. The van der Waals surface area contributed by atoms with Crippen LogP contribution in [0.2, 0.25) is 0 Å². The molecule has 8 nitrogen and oxygen atoms in total. The Morgan fingerprint density at radius 2 is 2.03 bits per heavy atom. The molecular formula is C21H23N7O. The lowest BCUT2D eigenvalue weighted by atomic mass is 10.2. The van der Waals surface area contributed by atoms with Crippen LogP contribution in [0.3, 0.4) is 0 Å². The summed E-state index contributed by atoms with van der Waals surface area (Å²) in [4.78, 5) is 17.3. The van der Waals surface area contributed by atoms with Gasteiger partial charge in [0.05, 0.1) is 12.6 Å². The van der Waals surface area contributed by atoms with Crippen LogP contribution in [0.1, 0.15) is 24.4 Å². The molecule has 148 valence electrons. The largest absolute Gasteiger partial charge is 0.497 e. The highest BCUT2D eigenvalue weighted by Gasteiger charge is 2.08. The van der Waals surface area contributed by atoms with Crippen LogP contribution in [0.4, 0.5) is 5.82 Å². The van der Waals surface area contributed by atoms with Gasteiger partial charge in [0.1, 0.15) is 17.3 Å². The zero-order valence-electron chi connectivity index (χ0n) is 16.2. The van der Waals surface area contributed by atoms with Gasteiger partial charge in [0.2, 0.25) is 5.82 Å². The number of unbranched alkanes of at least 4 members (excludes halogenated alkanes) is 1. The van der Waals surface area contributed by atoms with Gasteiger partial charge >= 0.3 is 0 Å². The van der Waals surface area contributed by atoms with Crippen LogP contribution in [0.15, 0.2) is 47.6 Å². The van der Waals surface area contributed by atoms with Crippen molar-refractivity contribution in [2.75, 3.05) is 25.5 Å². The molecule has 3 aromatic rings. The minimum Gasteiger partial charge on any atom is -0.497 e. The van der Waals surface area contributed by atoms with Gasteiger partial charge in [0, 0.05) is 24.7 Å². The number of nitrogens with zero attached hydrogens (tertiary/aromatic N) is 4. The standard InChI is InChI=1S/C21H23N7O/c1-29-16-8-9-18-17(14-16)20(25-12-4-5-13-26-21(22)23)28-19(27-18)10-7-15-6-2-3-11-24-15/h2-3,6,8-9,11,14H,4-5,12-13H2,1H3,(H4,22,23,26)(H,25,27,28). The number of ether oxygens (including phenoxy) is 1. The average molecular weight is 389 g/mol. The first-order chi connectivity index (χ1) is 14.2. The molecule has 2 heterocycles. The first-order valence-corrected chi connectivity index (χ1v) is 9.24. The highest BCUT2D eigenvalue weighted by Crippen LogP contribution is 2.25. The zero-order valence-corrected chi connectivity index (χ0v) is 16.2. The van der Waals surface area contributed by atoms with Gasteiger partial charge in [-0.05, 0) is 55.0 Å². The Bertz CT molecular complexity index is 1050. The Balaban J connectivity index is 1.82. The first kappa shape index (κ1) is 19.9. The second kappa shape index (κ2) is 9.90. The third-order valence-corrected chi connectivity index (χ3v) is 4.04. The number of pyridine rings is 1. The predicted molar refractivity (Wildman–Crippen MR) is 115 cm³/mol. The maximum atomic E-state index is 5.34. The van der Waals surface area contributed by atoms with E-state index in [1.807, 2.05) is 36.4 Å². The summed E-state index contributed by atoms with van der Waals surface area (Å²) in [5.74, 6) is 7.98. The van der Waals surface area contributed by atoms with E-state index in [4.69, 9.17) is 16.2 Å². The first-order valence-electron chi connectivity index (χ1n) is 9.24. The highest BCUT2D eigenvalue weighted by atomic mass is 16.5. The van der Waals surface area contributed by atoms with E-state index in [0.29, 0.717) is 23.9 Å². The molecular weight excluding hydrogens is 366 g/mol. The van der Waals surface area contributed by atoms with E-state index in [2.05, 4.69) is 37.1 Å². The van der Waals surface area contributed by atoms with Crippen molar-refractivity contribution in [1.82, 2.24) is 15.0 Å². The van der Waals surface area contributed by atoms with Crippen LogP contribution >= 0.6 is 0 Å². The number of hydrogen-bond donors (Lipinski definition) is 3. The monoisotopic (exact) mass is 389 g/mol. The molecule has 0 atom stereocenters. The molecule has 0 saturated carbocycles. The number of rotatable bonds is 7. The maximum absolute atomic E-state index is 5.34. The van der Waals surface area contributed by atoms with Crippen LogP contribution in [0, 0.1) is 11.8 Å². The van der Waals surface area contributed by atoms with Crippen molar-refractivity contribution >= 4 is 22.7 Å². The smallest absolute Gasteiger partial charge is 0.207 e. The van der Waals surface area contributed by atoms with Crippen LogP contribution in [0.25, 0.3) is 10.9 Å². The summed E-state index contributed by atoms with van der Waals surface area (Å²) in [6.45, 7) is 1.32. The highest BCUT2D eigenvalue weighted by molar-refractivity contribution is 5.90. The number of guanidine groups is 1. The van der Waals surface area contributed by atoms with Crippen LogP contribution < -0.4 is 21.5 Å². The molecule has 0 aliphatic carbocycles. The van der Waals surface area contributed by atoms with Crippen LogP contribution in [0.5, 0.6) is 5.75 Å². The van der Waals surface area contributed by atoms with E-state index in [1.165, 1.54) is 0 Å². The fourth-order valence-corrected chi connectivity index (χ4v) is 2.63. The molecule has 0 fully saturated rings. The van der Waals surface area contributed by atoms with Crippen LogP contribution in [-0.2, 0) is 0 Å². The van der Waals surface area contributed by atoms with E-state index in [1.54, 1.807) is 13.3 Å². The van der Waals surface area contributed by atoms with Gasteiger partial charge < -0.3 is 21.5 Å². The molecule has 0 bridgehead atoms. The number of anilines is 1. The van der Waals surface area contributed by atoms with Gasteiger partial charge in [-0.25, -0.2) is 15.0 Å². The molecule has 0 radical (unpaired) electrons. The van der Waals surface area contributed by atoms with Crippen molar-refractivity contribution < 1.29 is 4.74 Å². The van der Waals surface area contributed by atoms with Crippen LogP contribution in [-0.4, -0.2) is 41.1 Å². The molecule has 0 amide bonds. The summed E-state index contributed by atoms with van der Waals surface area (Å²) >= 11 is 0. The number of aliphatic imine (C=N–C) groups is 1. The minimum atomic E-state index is 0.114. The summed E-state index contributed by atoms with van der Waals surface area (Å²) in [6.07, 6.45) is 3.46. The SMILES string of the molecule is COc1ccc2nc(C#Cc3ccccn3)nc(NCCCCN=C(N)N)c2c1. The molecule has 2 aromatic heterocycles. The molecule has 8 heteroatoms. The third-order valence-electron chi connectivity index (χ3n) is 4.04. The molecule has 0 unspecified atom stereocenters. The van der Waals surface area contributed by atoms with Gasteiger partial charge in [-0.15, -0.1) is 0 Å². The molecule has 0 saturated heterocycles. The fraction of sp³-hybridized carbons (Fsp3) is 0.238. The second-order valence-electron chi connectivity index (χ2n) is 6.18. The van der Waals surface area contributed by atoms with E-state index in [9.17, 15) is 0 Å². The number of methoxy groups -OCH3 is 1. The molecule has 0 aliphatic rings. The minimum absolute atomic E-state index is 0.114. The van der Waals surface area contributed by atoms with E-state index in [0.717, 1.165) is 36.0 Å². The molecule has 0 spiro atoms. The summed E-state index contributed by atoms with van der Waals surface area (Å²) in [6, 6.07) is 11.2. The summed E-state index contributed by atoms with van der Waals surface area (Å²) < 4.78 is 5.33. The molecule has 5 N–H and O–H groups in total. The van der Waals surface area contributed by atoms with Gasteiger partial charge in [-0.3, -0.25) is 4.99 Å². The van der Waals surface area contributed by atoms with Gasteiger partial charge in [-0.1, -0.05) is 6.07 Å². The second-order valence-corrected chi connectivity index (χ2v) is 6.18. The van der Waals surface area contributed by atoms with Gasteiger partial charge in [0.15, 0.2) is 5.96 Å². The number of benzene rings is 1. The quantitative estimate of drug-likeness (QED) is 0.244. The zero-order chi connectivity index (χ0) is 20.5. The predicted octanol–water partition coefficient (Wildman–Crippen LogP) is 1.90. The summed E-state index contributed by atoms with van der Waals surface area (Å²) in [5.41, 5.74) is 12.1. The Kier molecular flexibility index (Phi) is 6.79. The topological polar surface area (TPSA) is 124 Å². The van der Waals surface area contributed by atoms with E-state index >= 15 is 0 Å². The van der Waals surface area contributed by atoms with Crippen molar-refractivity contribution in [3.8, 4) is 17.6 Å². The number of nitrogens with one attached hydrogen (secondary N) is 1. The van der Waals surface area contributed by atoms with Gasteiger partial charge in [0.25, 0.3) is 0 Å². The third kappa shape index (κ3) is 5.81. The number of hydrogen-bond acceptors (Lipinski definition) is 6. The van der Waals surface area contributed by atoms with Crippen molar-refractivity contribution in [3.05, 3.63) is 54.1 Å². The molecule has 1 aromatic carbocycles. The molecule has 29 heavy (non-hydrogen) atoms. The molecule has 0 aliphatic heterocycles. The van der Waals surface area contributed by atoms with Crippen molar-refractivity contribution in [1.29, 1.82) is 0 Å². The number of aromatic nitrogens is 3. The Morgan fingerprint density at radius 3 is 2.79 bits per heavy atom. The van der Waals surface area contributed by atoms with E-state index < -0.39 is 0 Å². The van der Waals surface area contributed by atoms with Crippen molar-refractivity contribution in [2.45, 2.75) is 12.8 Å². The van der Waals surface area contributed by atoms with Crippen molar-refractivity contribution in [2.24, 2.45) is 16.5 Å². The Morgan fingerprint density at radius 1 is 1.14 bits per heavy atom. The number of nitrogens with two attached hydrogens (primary N) is 2. The lowest BCUT2D eigenvalue weighted by Gasteiger charge is -2.10. The average Bonchev–Trinajstić information content (AvgIpc) is 2.74. The lowest BCUT2D eigenvalue weighted by Crippen LogP contribution is -2.23. The summed E-state index contributed by atoms with van der Waals surface area (Å²) in [7, 11) is 1.63.